The monoisotopic (exact) mass is 355 g/mol. The fourth-order valence-corrected chi connectivity index (χ4v) is 3.23. The molecule has 6 heteroatoms. The highest BCUT2D eigenvalue weighted by Crippen LogP contribution is 2.15. The zero-order valence-corrected chi connectivity index (χ0v) is 14.5. The van der Waals surface area contributed by atoms with Gasteiger partial charge in [0.25, 0.3) is 5.91 Å². The average molecular weight is 355 g/mol. The van der Waals surface area contributed by atoms with Crippen LogP contribution in [0.2, 0.25) is 0 Å². The van der Waals surface area contributed by atoms with Gasteiger partial charge in [0.2, 0.25) is 5.91 Å². The molecule has 26 heavy (non-hydrogen) atoms. The molecule has 3 rings (SSSR count). The molecule has 1 aliphatic rings. The number of rotatable bonds is 5. The lowest BCUT2D eigenvalue weighted by Gasteiger charge is -2.40. The van der Waals surface area contributed by atoms with Gasteiger partial charge >= 0.3 is 0 Å². The number of amides is 2. The summed E-state index contributed by atoms with van der Waals surface area (Å²) in [6.07, 6.45) is 0.816. The molecule has 0 saturated carbocycles. The normalized spacial score (nSPS) is 17.9. The smallest absolute Gasteiger partial charge is 0.253 e. The lowest BCUT2D eigenvalue weighted by atomic mass is 10.1. The van der Waals surface area contributed by atoms with Crippen molar-refractivity contribution in [2.75, 3.05) is 26.2 Å². The minimum absolute atomic E-state index is 0.209. The second-order valence-corrected chi connectivity index (χ2v) is 6.45. The number of carbonyl (C=O) groups is 2. The summed E-state index contributed by atoms with van der Waals surface area (Å²) >= 11 is 0. The number of nitrogens with two attached hydrogens (primary N) is 1. The van der Waals surface area contributed by atoms with Crippen molar-refractivity contribution in [3.05, 3.63) is 71.5 Å². The molecule has 1 atom stereocenters. The van der Waals surface area contributed by atoms with Crippen molar-refractivity contribution in [1.82, 2.24) is 9.80 Å². The van der Waals surface area contributed by atoms with E-state index in [2.05, 4.69) is 0 Å². The molecule has 0 radical (unpaired) electrons. The highest BCUT2D eigenvalue weighted by Gasteiger charge is 2.33. The number of nitrogens with zero attached hydrogens (tertiary/aromatic N) is 2. The number of halogens is 1. The molecule has 2 amide bonds. The molecule has 0 aromatic heterocycles. The van der Waals surface area contributed by atoms with Gasteiger partial charge in [-0.25, -0.2) is 4.39 Å². The number of piperazine rings is 1. The van der Waals surface area contributed by atoms with Crippen LogP contribution in [-0.2, 0) is 11.2 Å². The number of hydrogen-bond acceptors (Lipinski definition) is 3. The Balaban J connectivity index is 1.64. The SMILES string of the molecule is NC(=O)[C@H]1CN(C(=O)c2ccc(F)cc2)CCN1CCc1ccccc1. The minimum atomic E-state index is -0.517. The zero-order chi connectivity index (χ0) is 18.5. The Labute approximate surface area is 152 Å². The third-order valence-electron chi connectivity index (χ3n) is 4.73. The van der Waals surface area contributed by atoms with E-state index in [1.54, 1.807) is 4.90 Å². The van der Waals surface area contributed by atoms with Crippen molar-refractivity contribution in [1.29, 1.82) is 0 Å². The molecular formula is C20H22FN3O2. The minimum Gasteiger partial charge on any atom is -0.368 e. The van der Waals surface area contributed by atoms with Gasteiger partial charge in [0.15, 0.2) is 0 Å². The first kappa shape index (κ1) is 18.1. The molecule has 0 aliphatic carbocycles. The van der Waals surface area contributed by atoms with Crippen LogP contribution in [0.5, 0.6) is 0 Å². The molecular weight excluding hydrogens is 333 g/mol. The summed E-state index contributed by atoms with van der Waals surface area (Å²) < 4.78 is 13.0. The van der Waals surface area contributed by atoms with Gasteiger partial charge in [-0.2, -0.15) is 0 Å². The Kier molecular flexibility index (Phi) is 5.63. The third-order valence-corrected chi connectivity index (χ3v) is 4.73. The zero-order valence-electron chi connectivity index (χ0n) is 14.5. The average Bonchev–Trinajstić information content (AvgIpc) is 2.67. The first-order chi connectivity index (χ1) is 12.5. The van der Waals surface area contributed by atoms with E-state index in [4.69, 9.17) is 5.73 Å². The van der Waals surface area contributed by atoms with Crippen molar-refractivity contribution in [2.45, 2.75) is 12.5 Å². The maximum absolute atomic E-state index is 13.0. The summed E-state index contributed by atoms with van der Waals surface area (Å²) in [5.41, 5.74) is 7.18. The van der Waals surface area contributed by atoms with Crippen LogP contribution in [0.4, 0.5) is 4.39 Å². The molecule has 1 saturated heterocycles. The second kappa shape index (κ2) is 8.10. The molecule has 0 bridgehead atoms. The first-order valence-corrected chi connectivity index (χ1v) is 8.67. The molecule has 0 unspecified atom stereocenters. The molecule has 1 heterocycles. The Morgan fingerprint density at radius 3 is 2.38 bits per heavy atom. The molecule has 1 aliphatic heterocycles. The van der Waals surface area contributed by atoms with Crippen LogP contribution >= 0.6 is 0 Å². The summed E-state index contributed by atoms with van der Waals surface area (Å²) in [5, 5.41) is 0. The molecule has 0 spiro atoms. The maximum atomic E-state index is 13.0. The lowest BCUT2D eigenvalue weighted by molar-refractivity contribution is -0.125. The fourth-order valence-electron chi connectivity index (χ4n) is 3.23. The first-order valence-electron chi connectivity index (χ1n) is 8.67. The largest absolute Gasteiger partial charge is 0.368 e. The van der Waals surface area contributed by atoms with Crippen molar-refractivity contribution in [2.24, 2.45) is 5.73 Å². The molecule has 2 aromatic rings. The lowest BCUT2D eigenvalue weighted by Crippen LogP contribution is -2.59. The van der Waals surface area contributed by atoms with Gasteiger partial charge in [0.05, 0.1) is 0 Å². The highest BCUT2D eigenvalue weighted by molar-refractivity contribution is 5.94. The van der Waals surface area contributed by atoms with Gasteiger partial charge in [-0.1, -0.05) is 30.3 Å². The second-order valence-electron chi connectivity index (χ2n) is 6.45. The van der Waals surface area contributed by atoms with Crippen molar-refractivity contribution < 1.29 is 14.0 Å². The number of hydrogen-bond donors (Lipinski definition) is 1. The van der Waals surface area contributed by atoms with E-state index >= 15 is 0 Å². The van der Waals surface area contributed by atoms with Crippen LogP contribution in [0.1, 0.15) is 15.9 Å². The quantitative estimate of drug-likeness (QED) is 0.887. The van der Waals surface area contributed by atoms with Crippen LogP contribution in [0.3, 0.4) is 0 Å². The summed E-state index contributed by atoms with van der Waals surface area (Å²) in [6, 6.07) is 15.0. The Morgan fingerprint density at radius 2 is 1.73 bits per heavy atom. The third kappa shape index (κ3) is 4.26. The van der Waals surface area contributed by atoms with Crippen LogP contribution in [0.15, 0.2) is 54.6 Å². The van der Waals surface area contributed by atoms with Crippen LogP contribution in [0, 0.1) is 5.82 Å². The van der Waals surface area contributed by atoms with Gasteiger partial charge in [-0.3, -0.25) is 14.5 Å². The Morgan fingerprint density at radius 1 is 1.04 bits per heavy atom. The number of carbonyl (C=O) groups excluding carboxylic acids is 2. The standard InChI is InChI=1S/C20H22FN3O2/c21-17-8-6-16(7-9-17)20(26)24-13-12-23(18(14-24)19(22)25)11-10-15-4-2-1-3-5-15/h1-9,18H,10-14H2,(H2,22,25)/t18-/m1/s1. The fraction of sp³-hybridized carbons (Fsp3) is 0.300. The molecule has 5 nitrogen and oxygen atoms in total. The Hall–Kier alpha value is -2.73. The number of primary amides is 1. The van der Waals surface area contributed by atoms with Gasteiger partial charge in [0, 0.05) is 31.7 Å². The van der Waals surface area contributed by atoms with Crippen molar-refractivity contribution in [3.63, 3.8) is 0 Å². The van der Waals surface area contributed by atoms with Crippen molar-refractivity contribution >= 4 is 11.8 Å². The molecule has 2 aromatic carbocycles. The van der Waals surface area contributed by atoms with Gasteiger partial charge < -0.3 is 10.6 Å². The van der Waals surface area contributed by atoms with E-state index in [1.165, 1.54) is 29.8 Å². The van der Waals surface area contributed by atoms with Crippen LogP contribution in [0.25, 0.3) is 0 Å². The summed E-state index contributed by atoms with van der Waals surface area (Å²) in [7, 11) is 0. The highest BCUT2D eigenvalue weighted by atomic mass is 19.1. The van der Waals surface area contributed by atoms with Crippen LogP contribution < -0.4 is 5.73 Å². The topological polar surface area (TPSA) is 66.6 Å². The van der Waals surface area contributed by atoms with E-state index in [1.807, 2.05) is 35.2 Å². The predicted octanol–water partition coefficient (Wildman–Crippen LogP) is 1.68. The van der Waals surface area contributed by atoms with Gasteiger partial charge in [-0.15, -0.1) is 0 Å². The molecule has 136 valence electrons. The van der Waals surface area contributed by atoms with E-state index in [0.717, 1.165) is 6.42 Å². The van der Waals surface area contributed by atoms with E-state index in [-0.39, 0.29) is 18.3 Å². The maximum Gasteiger partial charge on any atom is 0.253 e. The van der Waals surface area contributed by atoms with Gasteiger partial charge in [0.1, 0.15) is 11.9 Å². The van der Waals surface area contributed by atoms with E-state index in [0.29, 0.717) is 25.2 Å². The summed E-state index contributed by atoms with van der Waals surface area (Å²) in [4.78, 5) is 28.2. The predicted molar refractivity (Wildman–Crippen MR) is 97.0 cm³/mol. The van der Waals surface area contributed by atoms with E-state index in [9.17, 15) is 14.0 Å². The van der Waals surface area contributed by atoms with Gasteiger partial charge in [-0.05, 0) is 36.2 Å². The van der Waals surface area contributed by atoms with Crippen molar-refractivity contribution in [3.8, 4) is 0 Å². The number of benzene rings is 2. The summed E-state index contributed by atoms with van der Waals surface area (Å²) in [5.74, 6) is -1.03. The molecule has 2 N–H and O–H groups in total. The van der Waals surface area contributed by atoms with E-state index < -0.39 is 11.9 Å². The summed E-state index contributed by atoms with van der Waals surface area (Å²) in [6.45, 7) is 2.04. The molecule has 1 fully saturated rings. The van der Waals surface area contributed by atoms with Crippen LogP contribution in [-0.4, -0.2) is 53.8 Å². The Bertz CT molecular complexity index is 764.